The average Bonchev–Trinajstić information content (AvgIpc) is 3.17. The van der Waals surface area contributed by atoms with Crippen LogP contribution in [-0.2, 0) is 28.3 Å². The third-order valence-electron chi connectivity index (χ3n) is 7.30. The maximum atomic E-state index is 12.9. The van der Waals surface area contributed by atoms with Crippen molar-refractivity contribution in [3.05, 3.63) is 64.7 Å². The number of hydrogen-bond acceptors (Lipinski definition) is 6. The number of nitrogens with zero attached hydrogens (tertiary/aromatic N) is 2. The minimum Gasteiger partial charge on any atom is -0.435 e. The van der Waals surface area contributed by atoms with E-state index in [9.17, 15) is 28.3 Å². The van der Waals surface area contributed by atoms with E-state index in [1.807, 2.05) is 6.07 Å². The molecule has 0 bridgehead atoms. The number of likely N-dealkylation sites (tertiary alicyclic amines) is 1. The Balaban J connectivity index is 1.22. The van der Waals surface area contributed by atoms with E-state index in [1.165, 1.54) is 17.0 Å². The minimum absolute atomic E-state index is 0.119. The molecule has 2 N–H and O–H groups in total. The Morgan fingerprint density at radius 1 is 1.08 bits per heavy atom. The Bertz CT molecular complexity index is 1180. The summed E-state index contributed by atoms with van der Waals surface area (Å²) in [6, 6.07) is 11.2. The van der Waals surface area contributed by atoms with Crippen molar-refractivity contribution in [3.63, 3.8) is 0 Å². The molecule has 8 nitrogen and oxygen atoms in total. The van der Waals surface area contributed by atoms with Crippen molar-refractivity contribution < 1.29 is 33.0 Å². The molecule has 2 aromatic carbocycles. The quantitative estimate of drug-likeness (QED) is 0.593. The van der Waals surface area contributed by atoms with Crippen LogP contribution in [0.25, 0.3) is 0 Å². The summed E-state index contributed by atoms with van der Waals surface area (Å²) in [6.07, 6.45) is 1.51. The fourth-order valence-electron chi connectivity index (χ4n) is 5.27. The van der Waals surface area contributed by atoms with Gasteiger partial charge in [-0.25, -0.2) is 0 Å². The lowest BCUT2D eigenvalue weighted by molar-refractivity contribution is -0.136. The molecule has 0 aliphatic carbocycles. The monoisotopic (exact) mass is 499 g/mol. The fourth-order valence-corrected chi connectivity index (χ4v) is 5.27. The van der Waals surface area contributed by atoms with E-state index >= 15 is 0 Å². The van der Waals surface area contributed by atoms with Crippen molar-refractivity contribution in [2.45, 2.75) is 57.0 Å². The predicted octanol–water partition coefficient (Wildman–Crippen LogP) is 2.53. The zero-order valence-corrected chi connectivity index (χ0v) is 19.6. The number of amides is 3. The number of piperidine rings is 2. The number of ether oxygens (including phenoxy) is 1. The van der Waals surface area contributed by atoms with E-state index in [4.69, 9.17) is 0 Å². The lowest BCUT2D eigenvalue weighted by Gasteiger charge is -2.38. The minimum atomic E-state index is -2.85. The third kappa shape index (κ3) is 4.83. The van der Waals surface area contributed by atoms with Crippen LogP contribution < -0.4 is 10.1 Å². The lowest BCUT2D eigenvalue weighted by Crippen LogP contribution is -2.52. The van der Waals surface area contributed by atoms with Crippen LogP contribution in [0.15, 0.2) is 42.5 Å². The third-order valence-corrected chi connectivity index (χ3v) is 7.30. The summed E-state index contributed by atoms with van der Waals surface area (Å²) >= 11 is 0. The summed E-state index contributed by atoms with van der Waals surface area (Å²) in [7, 11) is 0. The zero-order chi connectivity index (χ0) is 25.4. The van der Waals surface area contributed by atoms with E-state index in [2.05, 4.69) is 15.0 Å². The highest BCUT2D eigenvalue weighted by molar-refractivity contribution is 6.05. The molecule has 3 heterocycles. The summed E-state index contributed by atoms with van der Waals surface area (Å²) in [6.45, 7) is -0.672. The van der Waals surface area contributed by atoms with Crippen molar-refractivity contribution in [1.82, 2.24) is 15.1 Å². The molecular weight excluding hydrogens is 472 g/mol. The highest BCUT2D eigenvalue weighted by Crippen LogP contribution is 2.36. The van der Waals surface area contributed by atoms with Crippen LogP contribution in [0, 0.1) is 0 Å². The molecule has 3 amide bonds. The molecular formula is C26H27F2N3O5. The summed E-state index contributed by atoms with van der Waals surface area (Å²) in [5, 5.41) is 13.7. The summed E-state index contributed by atoms with van der Waals surface area (Å²) in [5.74, 6) is -0.894. The summed E-state index contributed by atoms with van der Waals surface area (Å²) in [4.78, 5) is 40.4. The van der Waals surface area contributed by atoms with Crippen molar-refractivity contribution in [1.29, 1.82) is 0 Å². The zero-order valence-electron chi connectivity index (χ0n) is 19.6. The number of carbonyl (C=O) groups is 3. The van der Waals surface area contributed by atoms with Gasteiger partial charge in [0.05, 0.1) is 5.60 Å². The number of carbonyl (C=O) groups excluding carboxylic acids is 3. The van der Waals surface area contributed by atoms with Crippen LogP contribution in [0.2, 0.25) is 0 Å². The molecule has 1 unspecified atom stereocenters. The number of benzene rings is 2. The molecule has 3 aliphatic heterocycles. The van der Waals surface area contributed by atoms with Gasteiger partial charge in [0.2, 0.25) is 11.8 Å². The number of imide groups is 1. The van der Waals surface area contributed by atoms with Crippen LogP contribution in [0.4, 0.5) is 8.78 Å². The number of halogens is 2. The number of nitrogens with one attached hydrogen (secondary N) is 1. The number of rotatable bonds is 6. The topological polar surface area (TPSA) is 99.2 Å². The first-order valence-corrected chi connectivity index (χ1v) is 12.0. The normalized spacial score (nSPS) is 22.1. The Kier molecular flexibility index (Phi) is 6.48. The summed E-state index contributed by atoms with van der Waals surface area (Å²) < 4.78 is 29.0. The van der Waals surface area contributed by atoms with Gasteiger partial charge in [0.25, 0.3) is 5.91 Å². The van der Waals surface area contributed by atoms with Gasteiger partial charge in [0, 0.05) is 38.2 Å². The Labute approximate surface area is 206 Å². The van der Waals surface area contributed by atoms with E-state index in [0.29, 0.717) is 44.5 Å². The first kappa shape index (κ1) is 24.3. The van der Waals surface area contributed by atoms with Crippen LogP contribution in [-0.4, -0.2) is 58.4 Å². The van der Waals surface area contributed by atoms with Gasteiger partial charge in [-0.3, -0.25) is 24.6 Å². The molecule has 3 aliphatic rings. The number of fused-ring (bicyclic) bond motifs is 1. The van der Waals surface area contributed by atoms with Gasteiger partial charge < -0.3 is 14.7 Å². The molecule has 0 aromatic heterocycles. The number of hydrogen-bond donors (Lipinski definition) is 2. The van der Waals surface area contributed by atoms with E-state index in [0.717, 1.165) is 16.7 Å². The second-order valence-electron chi connectivity index (χ2n) is 9.60. The maximum absolute atomic E-state index is 12.9. The SMILES string of the molecule is O=C1CCC(N2Cc3cc(C4(O)CCN(Cc5ccc(OC(F)F)cc5)CC4)ccc3C2=O)C(=O)N1. The Hall–Kier alpha value is -3.37. The molecule has 0 spiro atoms. The first-order chi connectivity index (χ1) is 17.2. The molecule has 2 fully saturated rings. The Morgan fingerprint density at radius 3 is 2.47 bits per heavy atom. The molecule has 190 valence electrons. The van der Waals surface area contributed by atoms with Crippen molar-refractivity contribution >= 4 is 17.7 Å². The molecule has 0 radical (unpaired) electrons. The van der Waals surface area contributed by atoms with E-state index < -0.39 is 24.2 Å². The molecule has 1 atom stereocenters. The van der Waals surface area contributed by atoms with Crippen LogP contribution in [0.1, 0.15) is 52.7 Å². The van der Waals surface area contributed by atoms with Crippen LogP contribution >= 0.6 is 0 Å². The fraction of sp³-hybridized carbons (Fsp3) is 0.423. The predicted molar refractivity (Wildman–Crippen MR) is 124 cm³/mol. The molecule has 2 aromatic rings. The average molecular weight is 500 g/mol. The van der Waals surface area contributed by atoms with Gasteiger partial charge in [0.1, 0.15) is 11.8 Å². The number of aliphatic hydroxyl groups is 1. The smallest absolute Gasteiger partial charge is 0.387 e. The number of alkyl halides is 2. The maximum Gasteiger partial charge on any atom is 0.387 e. The highest BCUT2D eigenvalue weighted by atomic mass is 19.3. The van der Waals surface area contributed by atoms with Crippen molar-refractivity contribution in [2.24, 2.45) is 0 Å². The van der Waals surface area contributed by atoms with Gasteiger partial charge in [0.15, 0.2) is 0 Å². The van der Waals surface area contributed by atoms with Gasteiger partial charge in [-0.1, -0.05) is 24.3 Å². The molecule has 36 heavy (non-hydrogen) atoms. The highest BCUT2D eigenvalue weighted by Gasteiger charge is 2.40. The molecule has 2 saturated heterocycles. The Morgan fingerprint density at radius 2 is 1.81 bits per heavy atom. The van der Waals surface area contributed by atoms with Gasteiger partial charge in [-0.05, 0) is 54.2 Å². The standard InChI is InChI=1S/C26H27F2N3O5/c27-25(28)36-19-4-1-16(2-5-19)14-30-11-9-26(35,10-12-30)18-3-6-20-17(13-18)15-31(24(20)34)21-7-8-22(32)29-23(21)33/h1-6,13,21,25,35H,7-12,14-15H2,(H,29,32,33). The van der Waals surface area contributed by atoms with Crippen LogP contribution in [0.5, 0.6) is 5.75 Å². The van der Waals surface area contributed by atoms with Gasteiger partial charge in [-0.15, -0.1) is 0 Å². The van der Waals surface area contributed by atoms with Gasteiger partial charge in [-0.2, -0.15) is 8.78 Å². The van der Waals surface area contributed by atoms with Crippen molar-refractivity contribution in [3.8, 4) is 5.75 Å². The molecule has 5 rings (SSSR count). The largest absolute Gasteiger partial charge is 0.435 e. The summed E-state index contributed by atoms with van der Waals surface area (Å²) in [5.41, 5.74) is 1.96. The molecule has 10 heteroatoms. The second kappa shape index (κ2) is 9.59. The molecule has 0 saturated carbocycles. The lowest BCUT2D eigenvalue weighted by atomic mass is 9.83. The van der Waals surface area contributed by atoms with Crippen LogP contribution in [0.3, 0.4) is 0 Å². The van der Waals surface area contributed by atoms with E-state index in [1.54, 1.807) is 24.3 Å². The first-order valence-electron chi connectivity index (χ1n) is 12.0. The van der Waals surface area contributed by atoms with E-state index in [-0.39, 0.29) is 30.5 Å². The van der Waals surface area contributed by atoms with Gasteiger partial charge >= 0.3 is 6.61 Å². The van der Waals surface area contributed by atoms with Crippen molar-refractivity contribution in [2.75, 3.05) is 13.1 Å². The second-order valence-corrected chi connectivity index (χ2v) is 9.60.